The first-order valence-electron chi connectivity index (χ1n) is 10.4. The van der Waals surface area contributed by atoms with Crippen LogP contribution >= 0.6 is 0 Å². The maximum absolute atomic E-state index is 11.8. The van der Waals surface area contributed by atoms with E-state index in [4.69, 9.17) is 14.2 Å². The summed E-state index contributed by atoms with van der Waals surface area (Å²) in [6, 6.07) is 0. The highest BCUT2D eigenvalue weighted by Gasteiger charge is 2.48. The number of ether oxygens (including phenoxy) is 3. The zero-order chi connectivity index (χ0) is 22.2. The second-order valence-electron chi connectivity index (χ2n) is 8.49. The van der Waals surface area contributed by atoms with Crippen LogP contribution in [0.4, 0.5) is 0 Å². The Labute approximate surface area is 175 Å². The van der Waals surface area contributed by atoms with E-state index in [9.17, 15) is 30.3 Å². The van der Waals surface area contributed by atoms with Crippen molar-refractivity contribution in [1.82, 2.24) is 0 Å². The molecule has 0 aromatic rings. The fraction of sp³-hybridized carbons (Fsp3) is 0.762. The van der Waals surface area contributed by atoms with Crippen LogP contribution in [0.15, 0.2) is 23.3 Å². The van der Waals surface area contributed by atoms with Crippen molar-refractivity contribution in [3.05, 3.63) is 23.3 Å². The Hall–Kier alpha value is -1.33. The Morgan fingerprint density at radius 2 is 1.90 bits per heavy atom. The predicted molar refractivity (Wildman–Crippen MR) is 104 cm³/mol. The van der Waals surface area contributed by atoms with Crippen LogP contribution in [0.1, 0.15) is 33.1 Å². The molecule has 0 saturated carbocycles. The van der Waals surface area contributed by atoms with Crippen LogP contribution < -0.4 is 0 Å². The summed E-state index contributed by atoms with van der Waals surface area (Å²) in [6.45, 7) is 7.42. The Morgan fingerprint density at radius 1 is 1.20 bits per heavy atom. The third-order valence-corrected chi connectivity index (χ3v) is 6.43. The molecule has 170 valence electrons. The van der Waals surface area contributed by atoms with Gasteiger partial charge in [0.2, 0.25) is 0 Å². The standard InChI is InChI=1S/C21H32O9/c1-9(14-10(2)7-12-15(17(14)24)11(3)20(27)29-12)5-4-6-28-21-19(26)18(25)16(23)13(8-22)30-21/h9,12-13,15-19,21-26H,3-8H2,1-2H3/t9-,12-,13-,15-,16-,17+,18+,19-,21-/m1/s1. The van der Waals surface area contributed by atoms with Crippen LogP contribution in [-0.2, 0) is 19.0 Å². The molecular formula is C21H32O9. The fourth-order valence-corrected chi connectivity index (χ4v) is 4.74. The van der Waals surface area contributed by atoms with Gasteiger partial charge in [0.05, 0.1) is 18.6 Å². The van der Waals surface area contributed by atoms with Crippen molar-refractivity contribution >= 4 is 5.97 Å². The largest absolute Gasteiger partial charge is 0.458 e. The molecule has 0 spiro atoms. The van der Waals surface area contributed by atoms with Gasteiger partial charge in [0.1, 0.15) is 30.5 Å². The summed E-state index contributed by atoms with van der Waals surface area (Å²) in [5, 5.41) is 49.7. The normalized spacial score (nSPS) is 40.4. The van der Waals surface area contributed by atoms with Crippen LogP contribution in [0, 0.1) is 11.8 Å². The second-order valence-corrected chi connectivity index (χ2v) is 8.49. The van der Waals surface area contributed by atoms with Crippen molar-refractivity contribution in [1.29, 1.82) is 0 Å². The minimum absolute atomic E-state index is 0.0304. The lowest BCUT2D eigenvalue weighted by molar-refractivity contribution is -0.301. The molecule has 2 aliphatic heterocycles. The first-order valence-corrected chi connectivity index (χ1v) is 10.4. The molecule has 0 aromatic heterocycles. The van der Waals surface area contributed by atoms with Gasteiger partial charge in [0.25, 0.3) is 0 Å². The van der Waals surface area contributed by atoms with E-state index in [0.717, 1.165) is 11.1 Å². The van der Waals surface area contributed by atoms with Gasteiger partial charge in [-0.05, 0) is 31.3 Å². The highest BCUT2D eigenvalue weighted by Crippen LogP contribution is 2.43. The zero-order valence-corrected chi connectivity index (χ0v) is 17.3. The van der Waals surface area contributed by atoms with Gasteiger partial charge in [0, 0.05) is 18.6 Å². The van der Waals surface area contributed by atoms with Crippen LogP contribution in [0.25, 0.3) is 0 Å². The van der Waals surface area contributed by atoms with E-state index in [0.29, 0.717) is 24.8 Å². The molecule has 0 radical (unpaired) electrons. The highest BCUT2D eigenvalue weighted by atomic mass is 16.7. The molecule has 2 heterocycles. The van der Waals surface area contributed by atoms with Gasteiger partial charge in [0.15, 0.2) is 6.29 Å². The maximum atomic E-state index is 11.8. The number of hydrogen-bond donors (Lipinski definition) is 5. The molecule has 0 unspecified atom stereocenters. The monoisotopic (exact) mass is 428 g/mol. The molecule has 9 heteroatoms. The lowest BCUT2D eigenvalue weighted by Crippen LogP contribution is -2.59. The minimum atomic E-state index is -1.47. The van der Waals surface area contributed by atoms with Gasteiger partial charge in [-0.1, -0.05) is 19.1 Å². The Balaban J connectivity index is 1.52. The summed E-state index contributed by atoms with van der Waals surface area (Å²) in [7, 11) is 0. The quantitative estimate of drug-likeness (QED) is 0.155. The van der Waals surface area contributed by atoms with E-state index in [-0.39, 0.29) is 18.6 Å². The summed E-state index contributed by atoms with van der Waals surface area (Å²) in [5.41, 5.74) is 2.22. The molecular weight excluding hydrogens is 396 g/mol. The number of hydrogen-bond acceptors (Lipinski definition) is 9. The lowest BCUT2D eigenvalue weighted by atomic mass is 9.73. The van der Waals surface area contributed by atoms with Crippen molar-refractivity contribution in [3.8, 4) is 0 Å². The van der Waals surface area contributed by atoms with Gasteiger partial charge in [-0.25, -0.2) is 4.79 Å². The van der Waals surface area contributed by atoms with Crippen molar-refractivity contribution in [2.45, 2.75) is 76.0 Å². The molecule has 0 amide bonds. The number of fused-ring (bicyclic) bond motifs is 1. The number of aliphatic hydroxyl groups is 5. The predicted octanol–water partition coefficient (Wildman–Crippen LogP) is -0.602. The van der Waals surface area contributed by atoms with E-state index in [1.54, 1.807) is 0 Å². The first-order chi connectivity index (χ1) is 14.2. The smallest absolute Gasteiger partial charge is 0.334 e. The topological polar surface area (TPSA) is 146 Å². The molecule has 9 nitrogen and oxygen atoms in total. The van der Waals surface area contributed by atoms with E-state index in [1.165, 1.54) is 0 Å². The molecule has 0 aromatic carbocycles. The summed E-state index contributed by atoms with van der Waals surface area (Å²) < 4.78 is 16.2. The van der Waals surface area contributed by atoms with Gasteiger partial charge in [-0.2, -0.15) is 0 Å². The molecule has 5 N–H and O–H groups in total. The minimum Gasteiger partial charge on any atom is -0.458 e. The second kappa shape index (κ2) is 9.44. The molecule has 2 saturated heterocycles. The zero-order valence-electron chi connectivity index (χ0n) is 17.3. The molecule has 9 atom stereocenters. The van der Waals surface area contributed by atoms with Crippen molar-refractivity contribution in [2.24, 2.45) is 11.8 Å². The number of carbonyl (C=O) groups excluding carboxylic acids is 1. The van der Waals surface area contributed by atoms with Crippen LogP contribution in [0.3, 0.4) is 0 Å². The molecule has 30 heavy (non-hydrogen) atoms. The SMILES string of the molecule is C=C1C(=O)O[C@@H]2CC(C)=C([C@H](C)CCCO[C@@H]3O[C@H](CO)[C@@H](O)[C@H](O)[C@H]3O)[C@H](O)[C@H]12. The van der Waals surface area contributed by atoms with Crippen LogP contribution in [0.5, 0.6) is 0 Å². The molecule has 2 fully saturated rings. The first kappa shape index (κ1) is 23.3. The van der Waals surface area contributed by atoms with Crippen molar-refractivity contribution in [2.75, 3.05) is 13.2 Å². The molecule has 3 rings (SSSR count). The summed E-state index contributed by atoms with van der Waals surface area (Å²) in [6.07, 6.45) is -5.79. The van der Waals surface area contributed by atoms with Crippen molar-refractivity contribution < 1.29 is 44.5 Å². The Kier molecular flexibility index (Phi) is 7.34. The molecule has 1 aliphatic carbocycles. The van der Waals surface area contributed by atoms with E-state index < -0.39 is 55.3 Å². The third kappa shape index (κ3) is 4.34. The number of rotatable bonds is 7. The van der Waals surface area contributed by atoms with Crippen LogP contribution in [0.2, 0.25) is 0 Å². The van der Waals surface area contributed by atoms with E-state index in [1.807, 2.05) is 13.8 Å². The van der Waals surface area contributed by atoms with Crippen LogP contribution in [-0.4, -0.2) is 87.6 Å². The average molecular weight is 428 g/mol. The van der Waals surface area contributed by atoms with Gasteiger partial charge < -0.3 is 39.7 Å². The third-order valence-electron chi connectivity index (χ3n) is 6.43. The summed E-state index contributed by atoms with van der Waals surface area (Å²) in [4.78, 5) is 11.8. The Morgan fingerprint density at radius 3 is 2.57 bits per heavy atom. The average Bonchev–Trinajstić information content (AvgIpc) is 2.98. The van der Waals surface area contributed by atoms with Crippen molar-refractivity contribution in [3.63, 3.8) is 0 Å². The van der Waals surface area contributed by atoms with Gasteiger partial charge in [-0.3, -0.25) is 0 Å². The number of esters is 1. The van der Waals surface area contributed by atoms with E-state index in [2.05, 4.69) is 6.58 Å². The lowest BCUT2D eigenvalue weighted by Gasteiger charge is -2.39. The Bertz CT molecular complexity index is 688. The van der Waals surface area contributed by atoms with E-state index >= 15 is 0 Å². The van der Waals surface area contributed by atoms with Gasteiger partial charge >= 0.3 is 5.97 Å². The number of carbonyl (C=O) groups is 1. The van der Waals surface area contributed by atoms with Gasteiger partial charge in [-0.15, -0.1) is 0 Å². The molecule has 3 aliphatic rings. The summed E-state index contributed by atoms with van der Waals surface area (Å²) >= 11 is 0. The molecule has 0 bridgehead atoms. The highest BCUT2D eigenvalue weighted by molar-refractivity contribution is 5.91. The maximum Gasteiger partial charge on any atom is 0.334 e. The summed E-state index contributed by atoms with van der Waals surface area (Å²) in [5.74, 6) is -0.828. The fourth-order valence-electron chi connectivity index (χ4n) is 4.74. The number of aliphatic hydroxyl groups excluding tert-OH is 5.